The minimum atomic E-state index is -3.65. The van der Waals surface area contributed by atoms with Crippen molar-refractivity contribution in [3.05, 3.63) is 53.4 Å². The average Bonchev–Trinajstić information content (AvgIpc) is 3.20. The van der Waals surface area contributed by atoms with Crippen molar-refractivity contribution < 1.29 is 17.6 Å². The molecule has 1 saturated heterocycles. The third-order valence-electron chi connectivity index (χ3n) is 3.79. The molecule has 1 aliphatic heterocycles. The van der Waals surface area contributed by atoms with Crippen LogP contribution in [0.4, 0.5) is 0 Å². The summed E-state index contributed by atoms with van der Waals surface area (Å²) in [5, 5.41) is 0.501. The molecular weight excluding hydrogens is 338 g/mol. The molecule has 0 bridgehead atoms. The van der Waals surface area contributed by atoms with Crippen LogP contribution < -0.4 is 0 Å². The Morgan fingerprint density at radius 1 is 1.22 bits per heavy atom. The molecule has 7 heteroatoms. The lowest BCUT2D eigenvalue weighted by atomic mass is 10.2. The standard InChI is InChI=1S/C16H18ClNO4S/c17-13-5-7-16(8-6-13)23(19,20)18(11-14-3-1-9-21-14)12-15-4-2-10-22-15/h1,3,5-9,15H,2,4,10-12H2. The summed E-state index contributed by atoms with van der Waals surface area (Å²) in [4.78, 5) is 0.214. The van der Waals surface area contributed by atoms with Gasteiger partial charge in [-0.15, -0.1) is 0 Å². The third kappa shape index (κ3) is 3.95. The summed E-state index contributed by atoms with van der Waals surface area (Å²) in [7, 11) is -3.65. The number of nitrogens with zero attached hydrogens (tertiary/aromatic N) is 1. The van der Waals surface area contributed by atoms with Gasteiger partial charge in [-0.25, -0.2) is 8.42 Å². The zero-order valence-electron chi connectivity index (χ0n) is 12.5. The average molecular weight is 356 g/mol. The molecular formula is C16H18ClNO4S. The minimum Gasteiger partial charge on any atom is -0.468 e. The first-order valence-corrected chi connectivity index (χ1v) is 9.27. The van der Waals surface area contributed by atoms with E-state index < -0.39 is 10.0 Å². The van der Waals surface area contributed by atoms with Gasteiger partial charge < -0.3 is 9.15 Å². The highest BCUT2D eigenvalue weighted by Gasteiger charge is 2.29. The Morgan fingerprint density at radius 3 is 2.61 bits per heavy atom. The Balaban J connectivity index is 1.87. The summed E-state index contributed by atoms with van der Waals surface area (Å²) in [5.41, 5.74) is 0. The van der Waals surface area contributed by atoms with E-state index in [4.69, 9.17) is 20.8 Å². The van der Waals surface area contributed by atoms with Gasteiger partial charge in [-0.05, 0) is 49.2 Å². The number of ether oxygens (including phenoxy) is 1. The molecule has 1 aliphatic rings. The Bertz CT molecular complexity index is 722. The van der Waals surface area contributed by atoms with E-state index in [1.165, 1.54) is 22.7 Å². The zero-order chi connectivity index (χ0) is 16.3. The molecule has 1 aromatic carbocycles. The number of halogens is 1. The van der Waals surface area contributed by atoms with E-state index in [1.807, 2.05) is 0 Å². The Hall–Kier alpha value is -1.34. The molecule has 124 valence electrons. The minimum absolute atomic E-state index is 0.0768. The Morgan fingerprint density at radius 2 is 2.00 bits per heavy atom. The highest BCUT2D eigenvalue weighted by atomic mass is 35.5. The second kappa shape index (κ2) is 7.05. The maximum atomic E-state index is 12.9. The molecule has 0 radical (unpaired) electrons. The number of furan rings is 1. The van der Waals surface area contributed by atoms with Gasteiger partial charge in [0.25, 0.3) is 0 Å². The van der Waals surface area contributed by atoms with E-state index in [-0.39, 0.29) is 17.5 Å². The van der Waals surface area contributed by atoms with Crippen LogP contribution in [0.1, 0.15) is 18.6 Å². The van der Waals surface area contributed by atoms with Gasteiger partial charge in [-0.2, -0.15) is 4.31 Å². The van der Waals surface area contributed by atoms with Gasteiger partial charge in [0, 0.05) is 18.2 Å². The van der Waals surface area contributed by atoms with Gasteiger partial charge in [-0.3, -0.25) is 0 Å². The highest BCUT2D eigenvalue weighted by molar-refractivity contribution is 7.89. The zero-order valence-corrected chi connectivity index (χ0v) is 14.1. The van der Waals surface area contributed by atoms with Crippen LogP contribution in [0.3, 0.4) is 0 Å². The quantitative estimate of drug-likeness (QED) is 0.797. The summed E-state index contributed by atoms with van der Waals surface area (Å²) < 4.78 is 38.2. The maximum Gasteiger partial charge on any atom is 0.243 e. The molecule has 1 aromatic heterocycles. The largest absolute Gasteiger partial charge is 0.468 e. The predicted octanol–water partition coefficient (Wildman–Crippen LogP) is 3.30. The first-order chi connectivity index (χ1) is 11.1. The molecule has 3 rings (SSSR count). The third-order valence-corrected chi connectivity index (χ3v) is 5.87. The van der Waals surface area contributed by atoms with Crippen LogP contribution >= 0.6 is 11.6 Å². The number of hydrogen-bond donors (Lipinski definition) is 0. The van der Waals surface area contributed by atoms with E-state index >= 15 is 0 Å². The fourth-order valence-corrected chi connectivity index (χ4v) is 4.16. The van der Waals surface area contributed by atoms with E-state index in [0.717, 1.165) is 12.8 Å². The molecule has 1 fully saturated rings. The maximum absolute atomic E-state index is 12.9. The van der Waals surface area contributed by atoms with E-state index in [9.17, 15) is 8.42 Å². The van der Waals surface area contributed by atoms with Crippen LogP contribution in [0.15, 0.2) is 52.0 Å². The lowest BCUT2D eigenvalue weighted by molar-refractivity contribution is 0.0914. The predicted molar refractivity (Wildman–Crippen MR) is 86.7 cm³/mol. The van der Waals surface area contributed by atoms with Gasteiger partial charge in [0.2, 0.25) is 10.0 Å². The molecule has 0 aliphatic carbocycles. The van der Waals surface area contributed by atoms with Crippen molar-refractivity contribution in [2.24, 2.45) is 0 Å². The van der Waals surface area contributed by atoms with Crippen molar-refractivity contribution in [2.75, 3.05) is 13.2 Å². The molecule has 0 saturated carbocycles. The molecule has 5 nitrogen and oxygen atoms in total. The Labute approximate surface area is 140 Å². The lowest BCUT2D eigenvalue weighted by Crippen LogP contribution is -2.36. The van der Waals surface area contributed by atoms with Gasteiger partial charge in [0.15, 0.2) is 0 Å². The van der Waals surface area contributed by atoms with Crippen LogP contribution in [-0.4, -0.2) is 32.0 Å². The van der Waals surface area contributed by atoms with E-state index in [0.29, 0.717) is 23.9 Å². The molecule has 1 unspecified atom stereocenters. The van der Waals surface area contributed by atoms with Gasteiger partial charge in [-0.1, -0.05) is 11.6 Å². The van der Waals surface area contributed by atoms with Crippen LogP contribution in [0.5, 0.6) is 0 Å². The summed E-state index contributed by atoms with van der Waals surface area (Å²) in [6.45, 7) is 1.17. The molecule has 0 spiro atoms. The molecule has 23 heavy (non-hydrogen) atoms. The second-order valence-corrected chi connectivity index (χ2v) is 7.84. The lowest BCUT2D eigenvalue weighted by Gasteiger charge is -2.24. The molecule has 1 atom stereocenters. The molecule has 0 N–H and O–H groups in total. The monoisotopic (exact) mass is 355 g/mol. The SMILES string of the molecule is O=S(=O)(c1ccc(Cl)cc1)N(Cc1ccco1)CC1CCCO1. The first kappa shape index (κ1) is 16.5. The fraction of sp³-hybridized carbons (Fsp3) is 0.375. The topological polar surface area (TPSA) is 59.8 Å². The van der Waals surface area contributed by atoms with Crippen LogP contribution in [-0.2, 0) is 21.3 Å². The number of sulfonamides is 1. The van der Waals surface area contributed by atoms with Crippen molar-refractivity contribution in [1.29, 1.82) is 0 Å². The number of benzene rings is 1. The fourth-order valence-electron chi connectivity index (χ4n) is 2.60. The van der Waals surface area contributed by atoms with Crippen molar-refractivity contribution >= 4 is 21.6 Å². The second-order valence-electron chi connectivity index (χ2n) is 5.47. The molecule has 0 amide bonds. The first-order valence-electron chi connectivity index (χ1n) is 7.45. The summed E-state index contributed by atoms with van der Waals surface area (Å²) in [6, 6.07) is 9.69. The van der Waals surface area contributed by atoms with Gasteiger partial charge in [0.1, 0.15) is 5.76 Å². The van der Waals surface area contributed by atoms with Gasteiger partial charge >= 0.3 is 0 Å². The smallest absolute Gasteiger partial charge is 0.243 e. The Kier molecular flexibility index (Phi) is 5.06. The van der Waals surface area contributed by atoms with Crippen molar-refractivity contribution in [3.63, 3.8) is 0 Å². The molecule has 2 aromatic rings. The van der Waals surface area contributed by atoms with Crippen LogP contribution in [0.2, 0.25) is 5.02 Å². The summed E-state index contributed by atoms with van der Waals surface area (Å²) in [5.74, 6) is 0.598. The van der Waals surface area contributed by atoms with Crippen molar-refractivity contribution in [3.8, 4) is 0 Å². The normalized spacial score (nSPS) is 18.6. The highest BCUT2D eigenvalue weighted by Crippen LogP contribution is 2.23. The van der Waals surface area contributed by atoms with E-state index in [1.54, 1.807) is 24.3 Å². The molecule has 2 heterocycles. The van der Waals surface area contributed by atoms with Crippen molar-refractivity contribution in [2.45, 2.75) is 30.4 Å². The summed E-state index contributed by atoms with van der Waals surface area (Å²) >= 11 is 5.85. The number of hydrogen-bond acceptors (Lipinski definition) is 4. The van der Waals surface area contributed by atoms with Crippen LogP contribution in [0, 0.1) is 0 Å². The van der Waals surface area contributed by atoms with E-state index in [2.05, 4.69) is 0 Å². The number of rotatable bonds is 6. The summed E-state index contributed by atoms with van der Waals surface area (Å²) in [6.07, 6.45) is 3.28. The van der Waals surface area contributed by atoms with Crippen molar-refractivity contribution in [1.82, 2.24) is 4.31 Å². The van der Waals surface area contributed by atoms with Crippen LogP contribution in [0.25, 0.3) is 0 Å². The van der Waals surface area contributed by atoms with Gasteiger partial charge in [0.05, 0.1) is 23.8 Å².